The van der Waals surface area contributed by atoms with E-state index < -0.39 is 16.8 Å². The minimum atomic E-state index is -0.950. The van der Waals surface area contributed by atoms with Crippen molar-refractivity contribution >= 4 is 11.9 Å². The third-order valence-electron chi connectivity index (χ3n) is 3.38. The largest absolute Gasteiger partial charge is 0.481 e. The molecule has 1 fully saturated rings. The van der Waals surface area contributed by atoms with Crippen LogP contribution in [0.25, 0.3) is 0 Å². The van der Waals surface area contributed by atoms with Crippen LogP contribution in [0, 0.1) is 10.8 Å². The van der Waals surface area contributed by atoms with Gasteiger partial charge in [0.1, 0.15) is 5.41 Å². The highest BCUT2D eigenvalue weighted by atomic mass is 16.5. The molecule has 0 bridgehead atoms. The maximum absolute atomic E-state index is 12.2. The van der Waals surface area contributed by atoms with Gasteiger partial charge in [0, 0.05) is 25.6 Å². The van der Waals surface area contributed by atoms with Gasteiger partial charge in [-0.2, -0.15) is 0 Å². The number of rotatable bonds is 3. The van der Waals surface area contributed by atoms with Gasteiger partial charge in [-0.05, 0) is 12.8 Å². The van der Waals surface area contributed by atoms with Crippen LogP contribution in [0.4, 0.5) is 0 Å². The SMILES string of the molecule is COCC1(C(=O)O)CCCN(C(=O)C(C)(C)C)C1. The Morgan fingerprint density at radius 3 is 2.44 bits per heavy atom. The van der Waals surface area contributed by atoms with Gasteiger partial charge in [-0.25, -0.2) is 0 Å². The Balaban J connectivity index is 2.88. The zero-order valence-corrected chi connectivity index (χ0v) is 11.7. The Morgan fingerprint density at radius 2 is 2.00 bits per heavy atom. The van der Waals surface area contributed by atoms with Crippen LogP contribution in [0.15, 0.2) is 0 Å². The van der Waals surface area contributed by atoms with E-state index in [9.17, 15) is 14.7 Å². The highest BCUT2D eigenvalue weighted by molar-refractivity contribution is 5.83. The predicted octanol–water partition coefficient (Wildman–Crippen LogP) is 1.37. The van der Waals surface area contributed by atoms with E-state index in [0.29, 0.717) is 19.4 Å². The quantitative estimate of drug-likeness (QED) is 0.829. The lowest BCUT2D eigenvalue weighted by Gasteiger charge is -2.41. The molecule has 0 radical (unpaired) electrons. The van der Waals surface area contributed by atoms with E-state index >= 15 is 0 Å². The number of methoxy groups -OCH3 is 1. The lowest BCUT2D eigenvalue weighted by molar-refractivity contribution is -0.161. The Kier molecular flexibility index (Phi) is 4.37. The average Bonchev–Trinajstić information content (AvgIpc) is 2.27. The monoisotopic (exact) mass is 257 g/mol. The summed E-state index contributed by atoms with van der Waals surface area (Å²) in [5.41, 5.74) is -1.43. The Bertz CT molecular complexity index is 330. The second-order valence-corrected chi connectivity index (χ2v) is 6.10. The van der Waals surface area contributed by atoms with Crippen LogP contribution in [-0.4, -0.2) is 48.7 Å². The molecular formula is C13H23NO4. The molecule has 1 amide bonds. The third kappa shape index (κ3) is 3.02. The van der Waals surface area contributed by atoms with Gasteiger partial charge in [0.25, 0.3) is 0 Å². The molecule has 1 unspecified atom stereocenters. The van der Waals surface area contributed by atoms with Crippen LogP contribution in [0.3, 0.4) is 0 Å². The van der Waals surface area contributed by atoms with Gasteiger partial charge >= 0.3 is 5.97 Å². The number of likely N-dealkylation sites (tertiary alicyclic amines) is 1. The van der Waals surface area contributed by atoms with E-state index in [1.54, 1.807) is 4.90 Å². The molecule has 5 heteroatoms. The van der Waals surface area contributed by atoms with Crippen molar-refractivity contribution in [2.45, 2.75) is 33.6 Å². The molecule has 1 N–H and O–H groups in total. The number of carboxylic acid groups (broad SMARTS) is 1. The summed E-state index contributed by atoms with van der Waals surface area (Å²) in [6, 6.07) is 0. The number of carbonyl (C=O) groups is 2. The first-order valence-electron chi connectivity index (χ1n) is 6.25. The maximum Gasteiger partial charge on any atom is 0.313 e. The van der Waals surface area contributed by atoms with E-state index in [-0.39, 0.29) is 19.1 Å². The number of hydrogen-bond donors (Lipinski definition) is 1. The number of aliphatic carboxylic acids is 1. The van der Waals surface area contributed by atoms with Crippen molar-refractivity contribution < 1.29 is 19.4 Å². The smallest absolute Gasteiger partial charge is 0.313 e. The fourth-order valence-electron chi connectivity index (χ4n) is 2.41. The molecule has 18 heavy (non-hydrogen) atoms. The van der Waals surface area contributed by atoms with Gasteiger partial charge in [-0.3, -0.25) is 9.59 Å². The molecule has 1 rings (SSSR count). The maximum atomic E-state index is 12.2. The summed E-state index contributed by atoms with van der Waals surface area (Å²) in [6.07, 6.45) is 1.27. The second-order valence-electron chi connectivity index (χ2n) is 6.10. The van der Waals surface area contributed by atoms with E-state index in [1.165, 1.54) is 7.11 Å². The zero-order chi connectivity index (χ0) is 14.0. The summed E-state index contributed by atoms with van der Waals surface area (Å²) >= 11 is 0. The van der Waals surface area contributed by atoms with Gasteiger partial charge in [-0.1, -0.05) is 20.8 Å². The molecule has 0 aromatic heterocycles. The highest BCUT2D eigenvalue weighted by Gasteiger charge is 2.45. The van der Waals surface area contributed by atoms with Crippen LogP contribution in [0.1, 0.15) is 33.6 Å². The molecule has 1 atom stereocenters. The van der Waals surface area contributed by atoms with E-state index in [0.717, 1.165) is 0 Å². The highest BCUT2D eigenvalue weighted by Crippen LogP contribution is 2.32. The minimum absolute atomic E-state index is 0.00364. The van der Waals surface area contributed by atoms with Gasteiger partial charge in [0.15, 0.2) is 0 Å². The van der Waals surface area contributed by atoms with Crippen LogP contribution in [0.2, 0.25) is 0 Å². The molecule has 0 aromatic rings. The molecule has 0 saturated carbocycles. The van der Waals surface area contributed by atoms with Crippen molar-refractivity contribution in [3.63, 3.8) is 0 Å². The first-order valence-corrected chi connectivity index (χ1v) is 6.25. The van der Waals surface area contributed by atoms with E-state index in [4.69, 9.17) is 4.74 Å². The molecule has 1 saturated heterocycles. The number of ether oxygens (including phenoxy) is 1. The van der Waals surface area contributed by atoms with Crippen LogP contribution in [-0.2, 0) is 14.3 Å². The standard InChI is InChI=1S/C13H23NO4/c1-12(2,3)10(15)14-7-5-6-13(8-14,9-18-4)11(16)17/h5-9H2,1-4H3,(H,16,17). The second kappa shape index (κ2) is 5.26. The lowest BCUT2D eigenvalue weighted by atomic mass is 9.79. The lowest BCUT2D eigenvalue weighted by Crippen LogP contribution is -2.54. The fraction of sp³-hybridized carbons (Fsp3) is 0.846. The molecule has 1 aliphatic rings. The van der Waals surface area contributed by atoms with Gasteiger partial charge in [0.2, 0.25) is 5.91 Å². The van der Waals surface area contributed by atoms with Crippen LogP contribution >= 0.6 is 0 Å². The molecule has 5 nitrogen and oxygen atoms in total. The summed E-state index contributed by atoms with van der Waals surface area (Å²) in [6.45, 7) is 6.57. The summed E-state index contributed by atoms with van der Waals surface area (Å²) in [5.74, 6) is -0.875. The molecule has 0 aliphatic carbocycles. The van der Waals surface area contributed by atoms with E-state index in [1.807, 2.05) is 20.8 Å². The van der Waals surface area contributed by atoms with Crippen molar-refractivity contribution in [2.24, 2.45) is 10.8 Å². The molecule has 1 aliphatic heterocycles. The van der Waals surface area contributed by atoms with Gasteiger partial charge in [0.05, 0.1) is 6.61 Å². The summed E-state index contributed by atoms with van der Waals surface area (Å²) in [5, 5.41) is 9.40. The first-order chi connectivity index (χ1) is 8.23. The average molecular weight is 257 g/mol. The molecule has 104 valence electrons. The number of amides is 1. The third-order valence-corrected chi connectivity index (χ3v) is 3.38. The van der Waals surface area contributed by atoms with Crippen LogP contribution in [0.5, 0.6) is 0 Å². The first kappa shape index (κ1) is 15.0. The number of nitrogens with zero attached hydrogens (tertiary/aromatic N) is 1. The van der Waals surface area contributed by atoms with Crippen molar-refractivity contribution in [3.05, 3.63) is 0 Å². The Labute approximate surface area is 108 Å². The Morgan fingerprint density at radius 1 is 1.39 bits per heavy atom. The number of carbonyl (C=O) groups excluding carboxylic acids is 1. The zero-order valence-electron chi connectivity index (χ0n) is 11.7. The van der Waals surface area contributed by atoms with E-state index in [2.05, 4.69) is 0 Å². The summed E-state index contributed by atoms with van der Waals surface area (Å²) in [7, 11) is 1.50. The van der Waals surface area contributed by atoms with Crippen molar-refractivity contribution in [3.8, 4) is 0 Å². The molecule has 0 aromatic carbocycles. The molecule has 0 spiro atoms. The number of hydrogen-bond acceptors (Lipinski definition) is 3. The Hall–Kier alpha value is -1.10. The predicted molar refractivity (Wildman–Crippen MR) is 67.2 cm³/mol. The normalized spacial score (nSPS) is 25.0. The topological polar surface area (TPSA) is 66.8 Å². The number of piperidine rings is 1. The van der Waals surface area contributed by atoms with Gasteiger partial charge < -0.3 is 14.7 Å². The van der Waals surface area contributed by atoms with Crippen molar-refractivity contribution in [1.29, 1.82) is 0 Å². The molecular weight excluding hydrogens is 234 g/mol. The summed E-state index contributed by atoms with van der Waals surface area (Å²) < 4.78 is 5.04. The van der Waals surface area contributed by atoms with Crippen molar-refractivity contribution in [2.75, 3.05) is 26.8 Å². The summed E-state index contributed by atoms with van der Waals surface area (Å²) in [4.78, 5) is 25.4. The number of carboxylic acids is 1. The minimum Gasteiger partial charge on any atom is -0.481 e. The van der Waals surface area contributed by atoms with Gasteiger partial charge in [-0.15, -0.1) is 0 Å². The van der Waals surface area contributed by atoms with Crippen LogP contribution < -0.4 is 0 Å². The molecule has 1 heterocycles. The fourth-order valence-corrected chi connectivity index (χ4v) is 2.41. The van der Waals surface area contributed by atoms with Crippen molar-refractivity contribution in [1.82, 2.24) is 4.90 Å².